The summed E-state index contributed by atoms with van der Waals surface area (Å²) in [6, 6.07) is 5.34. The molecule has 0 unspecified atom stereocenters. The Morgan fingerprint density at radius 3 is 3.05 bits per heavy atom. The van der Waals surface area contributed by atoms with Gasteiger partial charge in [-0.05, 0) is 23.9 Å². The molecule has 3 N–H and O–H groups in total. The van der Waals surface area contributed by atoms with Crippen LogP contribution >= 0.6 is 34.7 Å². The molecular formula is C11H9ClN6OS2. The van der Waals surface area contributed by atoms with Gasteiger partial charge in [-0.15, -0.1) is 10.2 Å². The average molecular weight is 341 g/mol. The molecule has 3 rings (SSSR count). The van der Waals surface area contributed by atoms with Crippen molar-refractivity contribution in [2.75, 3.05) is 11.1 Å². The summed E-state index contributed by atoms with van der Waals surface area (Å²) in [6.07, 6.45) is 1.63. The van der Waals surface area contributed by atoms with E-state index in [-0.39, 0.29) is 5.95 Å². The minimum absolute atomic E-state index is 0.130. The first-order chi connectivity index (χ1) is 10.2. The Morgan fingerprint density at radius 2 is 2.29 bits per heavy atom. The highest BCUT2D eigenvalue weighted by Gasteiger charge is 2.09. The Hall–Kier alpha value is -1.84. The largest absolute Gasteiger partial charge is 0.467 e. The van der Waals surface area contributed by atoms with Crippen molar-refractivity contribution in [1.29, 1.82) is 0 Å². The first-order valence-electron chi connectivity index (χ1n) is 5.77. The van der Waals surface area contributed by atoms with Gasteiger partial charge in [-0.25, -0.2) is 9.97 Å². The number of hydrogen-bond acceptors (Lipinski definition) is 9. The molecule has 0 saturated heterocycles. The summed E-state index contributed by atoms with van der Waals surface area (Å²) in [7, 11) is 0. The Kier molecular flexibility index (Phi) is 4.23. The van der Waals surface area contributed by atoms with Gasteiger partial charge in [0.15, 0.2) is 4.34 Å². The van der Waals surface area contributed by atoms with Crippen molar-refractivity contribution in [1.82, 2.24) is 20.2 Å². The quantitative estimate of drug-likeness (QED) is 0.683. The predicted molar refractivity (Wildman–Crippen MR) is 81.5 cm³/mol. The number of nitrogen functional groups attached to an aromatic ring is 1. The topological polar surface area (TPSA) is 103 Å². The van der Waals surface area contributed by atoms with Crippen molar-refractivity contribution in [2.45, 2.75) is 15.9 Å². The van der Waals surface area contributed by atoms with E-state index < -0.39 is 0 Å². The molecule has 0 atom stereocenters. The summed E-state index contributed by atoms with van der Waals surface area (Å²) >= 11 is 8.56. The van der Waals surface area contributed by atoms with Crippen molar-refractivity contribution in [3.05, 3.63) is 35.4 Å². The fourth-order valence-electron chi connectivity index (χ4n) is 1.45. The standard InChI is InChI=1S/C11H9ClN6OS2/c12-7-4-8(16-9(13)15-7)20-11-18-17-10(21-11)14-5-6-2-1-3-19-6/h1-4H,5H2,(H,14,17)(H2,13,15,16). The minimum atomic E-state index is 0.130. The highest BCUT2D eigenvalue weighted by molar-refractivity contribution is 8.01. The van der Waals surface area contributed by atoms with Crippen molar-refractivity contribution < 1.29 is 4.42 Å². The van der Waals surface area contributed by atoms with Crippen LogP contribution < -0.4 is 11.1 Å². The molecule has 0 aliphatic carbocycles. The second-order valence-electron chi connectivity index (χ2n) is 3.80. The second-order valence-corrected chi connectivity index (χ2v) is 6.43. The van der Waals surface area contributed by atoms with E-state index in [0.29, 0.717) is 21.9 Å². The van der Waals surface area contributed by atoms with Crippen molar-refractivity contribution in [3.8, 4) is 0 Å². The van der Waals surface area contributed by atoms with Gasteiger partial charge in [0.25, 0.3) is 0 Å². The number of hydrogen-bond donors (Lipinski definition) is 2. The van der Waals surface area contributed by atoms with Crippen molar-refractivity contribution in [3.63, 3.8) is 0 Å². The summed E-state index contributed by atoms with van der Waals surface area (Å²) in [4.78, 5) is 7.88. The molecule has 0 aromatic carbocycles. The Labute approximate surface area is 133 Å². The smallest absolute Gasteiger partial charge is 0.222 e. The molecule has 3 heterocycles. The lowest BCUT2D eigenvalue weighted by Gasteiger charge is -1.98. The van der Waals surface area contributed by atoms with E-state index in [1.54, 1.807) is 12.3 Å². The van der Waals surface area contributed by atoms with Gasteiger partial charge in [-0.1, -0.05) is 22.9 Å². The third kappa shape index (κ3) is 3.84. The summed E-state index contributed by atoms with van der Waals surface area (Å²) in [6.45, 7) is 0.554. The highest BCUT2D eigenvalue weighted by Crippen LogP contribution is 2.32. The van der Waals surface area contributed by atoms with E-state index in [1.165, 1.54) is 23.1 Å². The molecule has 7 nitrogen and oxygen atoms in total. The molecule has 0 spiro atoms. The summed E-state index contributed by atoms with van der Waals surface area (Å²) in [5, 5.41) is 12.9. The molecule has 0 amide bonds. The zero-order chi connectivity index (χ0) is 14.7. The van der Waals surface area contributed by atoms with Crippen LogP contribution in [0.15, 0.2) is 38.2 Å². The van der Waals surface area contributed by atoms with Gasteiger partial charge >= 0.3 is 0 Å². The monoisotopic (exact) mass is 340 g/mol. The number of nitrogens with one attached hydrogen (secondary N) is 1. The highest BCUT2D eigenvalue weighted by atomic mass is 35.5. The number of furan rings is 1. The van der Waals surface area contributed by atoms with Gasteiger partial charge in [-0.2, -0.15) is 0 Å². The SMILES string of the molecule is Nc1nc(Cl)cc(Sc2nnc(NCc3ccco3)s2)n1. The fourth-order valence-corrected chi connectivity index (χ4v) is 3.41. The minimum Gasteiger partial charge on any atom is -0.467 e. The molecule has 0 aliphatic heterocycles. The Bertz CT molecular complexity index is 712. The molecular weight excluding hydrogens is 332 g/mol. The first kappa shape index (κ1) is 14.1. The zero-order valence-electron chi connectivity index (χ0n) is 10.5. The summed E-state index contributed by atoms with van der Waals surface area (Å²) in [5.74, 6) is 0.959. The third-order valence-corrected chi connectivity index (χ3v) is 4.32. The molecule has 0 saturated carbocycles. The van der Waals surface area contributed by atoms with Gasteiger partial charge < -0.3 is 15.5 Å². The molecule has 21 heavy (non-hydrogen) atoms. The first-order valence-corrected chi connectivity index (χ1v) is 7.78. The lowest BCUT2D eigenvalue weighted by atomic mass is 10.4. The molecule has 0 aliphatic rings. The fraction of sp³-hybridized carbons (Fsp3) is 0.0909. The Morgan fingerprint density at radius 1 is 1.38 bits per heavy atom. The van der Waals surface area contributed by atoms with Crippen LogP contribution in [0.25, 0.3) is 0 Å². The number of rotatable bonds is 5. The van der Waals surface area contributed by atoms with E-state index in [9.17, 15) is 0 Å². The second kappa shape index (κ2) is 6.29. The molecule has 10 heteroatoms. The molecule has 3 aromatic rings. The zero-order valence-corrected chi connectivity index (χ0v) is 12.9. The van der Waals surface area contributed by atoms with Gasteiger partial charge in [0.05, 0.1) is 12.8 Å². The van der Waals surface area contributed by atoms with Crippen LogP contribution in [0.1, 0.15) is 5.76 Å². The van der Waals surface area contributed by atoms with Gasteiger partial charge in [0.2, 0.25) is 11.1 Å². The molecule has 0 fully saturated rings. The van der Waals surface area contributed by atoms with E-state index in [4.69, 9.17) is 21.8 Å². The van der Waals surface area contributed by atoms with Gasteiger partial charge in [0, 0.05) is 6.07 Å². The maximum absolute atomic E-state index is 5.83. The number of nitrogens with two attached hydrogens (primary N) is 1. The van der Waals surface area contributed by atoms with Gasteiger partial charge in [-0.3, -0.25) is 0 Å². The lowest BCUT2D eigenvalue weighted by Crippen LogP contribution is -1.96. The maximum atomic E-state index is 5.83. The van der Waals surface area contributed by atoms with E-state index in [2.05, 4.69) is 25.5 Å². The summed E-state index contributed by atoms with van der Waals surface area (Å²) < 4.78 is 5.96. The van der Waals surface area contributed by atoms with Crippen molar-refractivity contribution >= 4 is 45.8 Å². The molecule has 0 radical (unpaired) electrons. The molecule has 3 aromatic heterocycles. The van der Waals surface area contributed by atoms with Crippen LogP contribution in [0.4, 0.5) is 11.1 Å². The number of halogens is 1. The normalized spacial score (nSPS) is 10.7. The van der Waals surface area contributed by atoms with Crippen LogP contribution in [-0.2, 0) is 6.54 Å². The number of aromatic nitrogens is 4. The summed E-state index contributed by atoms with van der Waals surface area (Å²) in [5.41, 5.74) is 5.54. The van der Waals surface area contributed by atoms with Crippen LogP contribution in [0.3, 0.4) is 0 Å². The molecule has 0 bridgehead atoms. The average Bonchev–Trinajstić information content (AvgIpc) is 3.06. The number of nitrogens with zero attached hydrogens (tertiary/aromatic N) is 4. The predicted octanol–water partition coefficient (Wildman–Crippen LogP) is 2.92. The Balaban J connectivity index is 1.64. The van der Waals surface area contributed by atoms with Crippen molar-refractivity contribution in [2.24, 2.45) is 0 Å². The number of anilines is 2. The van der Waals surface area contributed by atoms with Crippen LogP contribution in [-0.4, -0.2) is 20.2 Å². The maximum Gasteiger partial charge on any atom is 0.222 e. The third-order valence-electron chi connectivity index (χ3n) is 2.28. The van der Waals surface area contributed by atoms with Crippen LogP contribution in [0.5, 0.6) is 0 Å². The van der Waals surface area contributed by atoms with Crippen LogP contribution in [0.2, 0.25) is 5.15 Å². The van der Waals surface area contributed by atoms with Gasteiger partial charge in [0.1, 0.15) is 15.9 Å². The van der Waals surface area contributed by atoms with E-state index in [1.807, 2.05) is 12.1 Å². The van der Waals surface area contributed by atoms with E-state index >= 15 is 0 Å². The lowest BCUT2D eigenvalue weighted by molar-refractivity contribution is 0.518. The van der Waals surface area contributed by atoms with Crippen LogP contribution in [0, 0.1) is 0 Å². The molecule has 108 valence electrons. The van der Waals surface area contributed by atoms with E-state index in [0.717, 1.165) is 10.1 Å².